The van der Waals surface area contributed by atoms with Gasteiger partial charge in [0.25, 0.3) is 0 Å². The van der Waals surface area contributed by atoms with Crippen LogP contribution in [0.2, 0.25) is 0 Å². The second kappa shape index (κ2) is 5.59. The molecule has 0 radical (unpaired) electrons. The Bertz CT molecular complexity index is 577. The Morgan fingerprint density at radius 2 is 2.36 bits per heavy atom. The molecule has 22 heavy (non-hydrogen) atoms. The summed E-state index contributed by atoms with van der Waals surface area (Å²) < 4.78 is 0. The number of carbonyl (C=O) groups is 2. The number of nitrogens with one attached hydrogen (secondary N) is 1. The number of urea groups is 1. The molecule has 2 aliphatic rings. The molecule has 0 unspecified atom stereocenters. The van der Waals surface area contributed by atoms with E-state index < -0.39 is 11.4 Å². The highest BCUT2D eigenvalue weighted by molar-refractivity contribution is 5.80. The molecule has 1 aromatic rings. The minimum Gasteiger partial charge on any atom is -0.481 e. The van der Waals surface area contributed by atoms with Crippen molar-refractivity contribution in [1.29, 1.82) is 0 Å². The quantitative estimate of drug-likeness (QED) is 0.895. The molecule has 2 fully saturated rings. The van der Waals surface area contributed by atoms with E-state index in [0.29, 0.717) is 19.5 Å². The Morgan fingerprint density at radius 1 is 1.55 bits per heavy atom. The Hall–Kier alpha value is -2.11. The first-order valence-electron chi connectivity index (χ1n) is 7.72. The van der Waals surface area contributed by atoms with Crippen molar-refractivity contribution in [2.24, 2.45) is 11.3 Å². The monoisotopic (exact) mass is 303 g/mol. The number of carboxylic acids is 1. The molecule has 1 saturated carbocycles. The fourth-order valence-electron chi connectivity index (χ4n) is 3.79. The van der Waals surface area contributed by atoms with Gasteiger partial charge in [-0.2, -0.15) is 0 Å². The first-order chi connectivity index (χ1) is 10.5. The zero-order chi connectivity index (χ0) is 15.7. The van der Waals surface area contributed by atoms with Crippen molar-refractivity contribution < 1.29 is 14.7 Å². The minimum absolute atomic E-state index is 0.0875. The maximum absolute atomic E-state index is 12.4. The topological polar surface area (TPSA) is 82.5 Å². The zero-order valence-electron chi connectivity index (χ0n) is 12.7. The molecule has 1 aliphatic heterocycles. The summed E-state index contributed by atoms with van der Waals surface area (Å²) in [6.07, 6.45) is 5.93. The number of nitrogens with zero attached hydrogens (tertiary/aromatic N) is 2. The van der Waals surface area contributed by atoms with E-state index in [-0.39, 0.29) is 18.0 Å². The van der Waals surface area contributed by atoms with Gasteiger partial charge in [-0.25, -0.2) is 4.79 Å². The van der Waals surface area contributed by atoms with Gasteiger partial charge in [0.05, 0.1) is 11.5 Å². The molecule has 0 aromatic carbocycles. The number of carboxylic acid groups (broad SMARTS) is 1. The Kier molecular flexibility index (Phi) is 3.76. The number of amides is 2. The molecular weight excluding hydrogens is 282 g/mol. The van der Waals surface area contributed by atoms with E-state index in [1.165, 1.54) is 0 Å². The lowest BCUT2D eigenvalue weighted by atomic mass is 9.81. The smallest absolute Gasteiger partial charge is 0.317 e. The Balaban J connectivity index is 1.66. The number of hydrogen-bond donors (Lipinski definition) is 2. The summed E-state index contributed by atoms with van der Waals surface area (Å²) in [6, 6.07) is 3.40. The lowest BCUT2D eigenvalue weighted by Crippen LogP contribution is -2.42. The van der Waals surface area contributed by atoms with Crippen molar-refractivity contribution >= 4 is 12.0 Å². The summed E-state index contributed by atoms with van der Waals surface area (Å²) in [5.41, 5.74) is 0.206. The molecule has 3 atom stereocenters. The average Bonchev–Trinajstić information content (AvgIpc) is 3.06. The summed E-state index contributed by atoms with van der Waals surface area (Å²) in [7, 11) is 0. The number of carbonyl (C=O) groups excluding carboxylic acids is 1. The van der Waals surface area contributed by atoms with Crippen LogP contribution in [0, 0.1) is 11.3 Å². The Labute approximate surface area is 129 Å². The maximum Gasteiger partial charge on any atom is 0.317 e. The minimum atomic E-state index is -0.759. The third kappa shape index (κ3) is 2.42. The number of likely N-dealkylation sites (tertiary alicyclic amines) is 1. The fourth-order valence-corrected chi connectivity index (χ4v) is 3.79. The maximum atomic E-state index is 12.4. The molecule has 118 valence electrons. The zero-order valence-corrected chi connectivity index (χ0v) is 12.7. The van der Waals surface area contributed by atoms with Crippen LogP contribution in [0.15, 0.2) is 24.5 Å². The lowest BCUT2D eigenvalue weighted by molar-refractivity contribution is -0.149. The summed E-state index contributed by atoms with van der Waals surface area (Å²) in [4.78, 5) is 29.8. The van der Waals surface area contributed by atoms with Crippen LogP contribution >= 0.6 is 0 Å². The standard InChI is InChI=1S/C16H21N3O3/c1-11(12-4-3-7-17-8-12)18-15(22)19-9-13-5-2-6-16(13,10-19)14(20)21/h3-4,7-8,11,13H,2,5-6,9-10H2,1H3,(H,18,22)(H,20,21)/t11-,13-,16+/m0/s1. The number of rotatable bonds is 3. The van der Waals surface area contributed by atoms with Gasteiger partial charge in [-0.15, -0.1) is 0 Å². The van der Waals surface area contributed by atoms with Crippen molar-refractivity contribution in [1.82, 2.24) is 15.2 Å². The van der Waals surface area contributed by atoms with Crippen molar-refractivity contribution in [3.8, 4) is 0 Å². The van der Waals surface area contributed by atoms with Crippen molar-refractivity contribution in [2.75, 3.05) is 13.1 Å². The van der Waals surface area contributed by atoms with E-state index >= 15 is 0 Å². The molecule has 6 nitrogen and oxygen atoms in total. The van der Waals surface area contributed by atoms with Gasteiger partial charge in [-0.1, -0.05) is 12.5 Å². The fraction of sp³-hybridized carbons (Fsp3) is 0.562. The molecule has 0 spiro atoms. The van der Waals surface area contributed by atoms with Crippen LogP contribution in [-0.4, -0.2) is 40.1 Å². The highest BCUT2D eigenvalue weighted by Gasteiger charge is 2.55. The van der Waals surface area contributed by atoms with E-state index in [4.69, 9.17) is 0 Å². The van der Waals surface area contributed by atoms with Crippen LogP contribution in [0.1, 0.15) is 37.8 Å². The summed E-state index contributed by atoms with van der Waals surface area (Å²) >= 11 is 0. The third-order valence-corrected chi connectivity index (χ3v) is 5.11. The molecule has 2 N–H and O–H groups in total. The molecular formula is C16H21N3O3. The molecule has 1 saturated heterocycles. The van der Waals surface area contributed by atoms with Gasteiger partial charge in [-0.05, 0) is 37.3 Å². The first-order valence-corrected chi connectivity index (χ1v) is 7.72. The van der Waals surface area contributed by atoms with Gasteiger partial charge in [-0.3, -0.25) is 9.78 Å². The number of hydrogen-bond acceptors (Lipinski definition) is 3. The number of aliphatic carboxylic acids is 1. The third-order valence-electron chi connectivity index (χ3n) is 5.11. The number of fused-ring (bicyclic) bond motifs is 1. The van der Waals surface area contributed by atoms with Crippen molar-refractivity contribution in [2.45, 2.75) is 32.2 Å². The molecule has 6 heteroatoms. The van der Waals surface area contributed by atoms with Gasteiger partial charge < -0.3 is 15.3 Å². The van der Waals surface area contributed by atoms with E-state index in [0.717, 1.165) is 18.4 Å². The summed E-state index contributed by atoms with van der Waals surface area (Å²) in [5, 5.41) is 12.5. The van der Waals surface area contributed by atoms with Gasteiger partial charge in [0.2, 0.25) is 0 Å². The largest absolute Gasteiger partial charge is 0.481 e. The number of aromatic nitrogens is 1. The van der Waals surface area contributed by atoms with Crippen LogP contribution in [0.5, 0.6) is 0 Å². The summed E-state index contributed by atoms with van der Waals surface area (Å²) in [6.45, 7) is 2.76. The summed E-state index contributed by atoms with van der Waals surface area (Å²) in [5.74, 6) is -0.671. The van der Waals surface area contributed by atoms with Gasteiger partial charge >= 0.3 is 12.0 Å². The highest BCUT2D eigenvalue weighted by Crippen LogP contribution is 2.48. The highest BCUT2D eigenvalue weighted by atomic mass is 16.4. The second-order valence-corrected chi connectivity index (χ2v) is 6.39. The molecule has 2 amide bonds. The van der Waals surface area contributed by atoms with Crippen LogP contribution in [-0.2, 0) is 4.79 Å². The Morgan fingerprint density at radius 3 is 3.00 bits per heavy atom. The van der Waals surface area contributed by atoms with Crippen LogP contribution in [0.3, 0.4) is 0 Å². The molecule has 1 aliphatic carbocycles. The molecule has 1 aromatic heterocycles. The van der Waals surface area contributed by atoms with Crippen LogP contribution in [0.25, 0.3) is 0 Å². The van der Waals surface area contributed by atoms with Gasteiger partial charge in [0.1, 0.15) is 0 Å². The van der Waals surface area contributed by atoms with E-state index in [1.807, 2.05) is 19.1 Å². The van der Waals surface area contributed by atoms with Crippen molar-refractivity contribution in [3.63, 3.8) is 0 Å². The number of pyridine rings is 1. The van der Waals surface area contributed by atoms with E-state index in [9.17, 15) is 14.7 Å². The second-order valence-electron chi connectivity index (χ2n) is 6.39. The molecule has 0 bridgehead atoms. The van der Waals surface area contributed by atoms with Crippen LogP contribution in [0.4, 0.5) is 4.79 Å². The average molecular weight is 303 g/mol. The SMILES string of the molecule is C[C@H](NC(=O)N1C[C@@H]2CCC[C@@]2(C(=O)O)C1)c1cccnc1. The van der Waals surface area contributed by atoms with Crippen molar-refractivity contribution in [3.05, 3.63) is 30.1 Å². The molecule has 2 heterocycles. The van der Waals surface area contributed by atoms with Gasteiger partial charge in [0.15, 0.2) is 0 Å². The van der Waals surface area contributed by atoms with E-state index in [1.54, 1.807) is 17.3 Å². The molecule has 3 rings (SSSR count). The van der Waals surface area contributed by atoms with Gasteiger partial charge in [0, 0.05) is 25.5 Å². The predicted molar refractivity (Wildman–Crippen MR) is 80.2 cm³/mol. The van der Waals surface area contributed by atoms with Crippen LogP contribution < -0.4 is 5.32 Å². The van der Waals surface area contributed by atoms with E-state index in [2.05, 4.69) is 10.3 Å². The normalized spacial score (nSPS) is 28.2. The lowest BCUT2D eigenvalue weighted by Gasteiger charge is -2.24. The first kappa shape index (κ1) is 14.8. The predicted octanol–water partition coefficient (Wildman–Crippen LogP) is 2.04.